The molecule has 1 aromatic rings. The minimum atomic E-state index is -0.250. The molecule has 1 aromatic heterocycles. The summed E-state index contributed by atoms with van der Waals surface area (Å²) in [6.45, 7) is 0.578. The van der Waals surface area contributed by atoms with Crippen LogP contribution in [0.3, 0.4) is 0 Å². The third kappa shape index (κ3) is 3.96. The highest BCUT2D eigenvalue weighted by Gasteiger charge is 2.22. The van der Waals surface area contributed by atoms with Crippen LogP contribution in [0.2, 0.25) is 0 Å². The summed E-state index contributed by atoms with van der Waals surface area (Å²) in [7, 11) is 0. The van der Waals surface area contributed by atoms with Crippen molar-refractivity contribution in [1.82, 2.24) is 5.32 Å². The number of carbonyl (C=O) groups is 1. The van der Waals surface area contributed by atoms with Crippen LogP contribution in [-0.2, 0) is 4.79 Å². The molecule has 2 unspecified atom stereocenters. The van der Waals surface area contributed by atoms with Crippen molar-refractivity contribution < 1.29 is 9.90 Å². The molecule has 3 nitrogen and oxygen atoms in total. The first kappa shape index (κ1) is 13.3. The lowest BCUT2D eigenvalue weighted by molar-refractivity contribution is -0.116. The minimum Gasteiger partial charge on any atom is -0.393 e. The number of aliphatic hydroxyl groups excluding tert-OH is 1. The van der Waals surface area contributed by atoms with Gasteiger partial charge in [-0.15, -0.1) is 11.3 Å². The molecule has 1 heterocycles. The number of nitrogens with one attached hydrogen (secondary N) is 1. The topological polar surface area (TPSA) is 49.3 Å². The predicted molar refractivity (Wildman–Crippen MR) is 74.3 cm³/mol. The van der Waals surface area contributed by atoms with Gasteiger partial charge >= 0.3 is 0 Å². The fourth-order valence-electron chi connectivity index (χ4n) is 2.26. The van der Waals surface area contributed by atoms with Crippen molar-refractivity contribution in [3.63, 3.8) is 0 Å². The highest BCUT2D eigenvalue weighted by molar-refractivity contribution is 7.10. The first-order chi connectivity index (χ1) is 8.75. The number of carbonyl (C=O) groups excluding carboxylic acids is 1. The van der Waals surface area contributed by atoms with Gasteiger partial charge in [-0.3, -0.25) is 4.79 Å². The van der Waals surface area contributed by atoms with Gasteiger partial charge < -0.3 is 10.4 Å². The Hall–Kier alpha value is -1.13. The maximum Gasteiger partial charge on any atom is 0.244 e. The molecule has 18 heavy (non-hydrogen) atoms. The van der Waals surface area contributed by atoms with E-state index in [9.17, 15) is 9.90 Å². The van der Waals surface area contributed by atoms with E-state index in [1.54, 1.807) is 17.4 Å². The average Bonchev–Trinajstić information content (AvgIpc) is 2.88. The fraction of sp³-hybridized carbons (Fsp3) is 0.500. The maximum atomic E-state index is 11.6. The lowest BCUT2D eigenvalue weighted by Crippen LogP contribution is -2.36. The summed E-state index contributed by atoms with van der Waals surface area (Å²) in [5, 5.41) is 14.6. The Morgan fingerprint density at radius 3 is 3.06 bits per heavy atom. The van der Waals surface area contributed by atoms with Crippen LogP contribution in [-0.4, -0.2) is 23.7 Å². The average molecular weight is 265 g/mol. The van der Waals surface area contributed by atoms with E-state index in [1.165, 1.54) is 0 Å². The molecule has 1 amide bonds. The molecule has 0 bridgehead atoms. The first-order valence-corrected chi connectivity index (χ1v) is 7.31. The van der Waals surface area contributed by atoms with Crippen LogP contribution in [0.5, 0.6) is 0 Å². The maximum absolute atomic E-state index is 11.6. The number of aliphatic hydroxyl groups is 1. The molecule has 0 aliphatic heterocycles. The van der Waals surface area contributed by atoms with Gasteiger partial charge in [0.1, 0.15) is 0 Å². The van der Waals surface area contributed by atoms with Crippen molar-refractivity contribution in [2.24, 2.45) is 5.92 Å². The molecule has 1 fully saturated rings. The molecule has 1 saturated carbocycles. The third-order valence-corrected chi connectivity index (χ3v) is 4.19. The zero-order valence-corrected chi connectivity index (χ0v) is 11.2. The quantitative estimate of drug-likeness (QED) is 0.821. The first-order valence-electron chi connectivity index (χ1n) is 6.43. The van der Waals surface area contributed by atoms with Crippen molar-refractivity contribution >= 4 is 23.3 Å². The summed E-state index contributed by atoms with van der Waals surface area (Å²) in [4.78, 5) is 12.7. The van der Waals surface area contributed by atoms with Crippen LogP contribution < -0.4 is 5.32 Å². The normalized spacial score (nSPS) is 24.3. The third-order valence-electron chi connectivity index (χ3n) is 3.35. The number of amides is 1. The SMILES string of the molecule is O=C(C=Cc1cccs1)NCC1CCCCC1O. The molecular formula is C14H19NO2S. The van der Waals surface area contributed by atoms with E-state index < -0.39 is 0 Å². The Morgan fingerprint density at radius 1 is 1.50 bits per heavy atom. The standard InChI is InChI=1S/C14H19NO2S/c16-13-6-2-1-4-11(13)10-15-14(17)8-7-12-5-3-9-18-12/h3,5,7-9,11,13,16H,1-2,4,6,10H2,(H,15,17). The zero-order chi connectivity index (χ0) is 12.8. The van der Waals surface area contributed by atoms with E-state index in [4.69, 9.17) is 0 Å². The second kappa shape index (κ2) is 6.71. The second-order valence-electron chi connectivity index (χ2n) is 4.71. The van der Waals surface area contributed by atoms with Gasteiger partial charge in [-0.05, 0) is 30.4 Å². The molecule has 98 valence electrons. The zero-order valence-electron chi connectivity index (χ0n) is 10.3. The second-order valence-corrected chi connectivity index (χ2v) is 5.69. The Bertz CT molecular complexity index is 400. The largest absolute Gasteiger partial charge is 0.393 e. The van der Waals surface area contributed by atoms with Gasteiger partial charge in [-0.1, -0.05) is 18.9 Å². The van der Waals surface area contributed by atoms with E-state index in [1.807, 2.05) is 23.6 Å². The molecule has 0 aromatic carbocycles. The van der Waals surface area contributed by atoms with E-state index in [-0.39, 0.29) is 17.9 Å². The smallest absolute Gasteiger partial charge is 0.244 e. The summed E-state index contributed by atoms with van der Waals surface area (Å²) in [6.07, 6.45) is 7.26. The van der Waals surface area contributed by atoms with E-state index in [0.29, 0.717) is 6.54 Å². The summed E-state index contributed by atoms with van der Waals surface area (Å²) in [6, 6.07) is 3.93. The molecule has 2 atom stereocenters. The van der Waals surface area contributed by atoms with Crippen molar-refractivity contribution in [3.8, 4) is 0 Å². The van der Waals surface area contributed by atoms with Gasteiger partial charge in [0.15, 0.2) is 0 Å². The molecule has 2 rings (SSSR count). The van der Waals surface area contributed by atoms with E-state index in [0.717, 1.165) is 30.6 Å². The van der Waals surface area contributed by atoms with Crippen LogP contribution >= 0.6 is 11.3 Å². The molecule has 0 saturated heterocycles. The summed E-state index contributed by atoms with van der Waals surface area (Å²) >= 11 is 1.60. The summed E-state index contributed by atoms with van der Waals surface area (Å²) < 4.78 is 0. The molecule has 1 aliphatic rings. The molecule has 0 radical (unpaired) electrons. The summed E-state index contributed by atoms with van der Waals surface area (Å²) in [5.41, 5.74) is 0. The summed E-state index contributed by atoms with van der Waals surface area (Å²) in [5.74, 6) is 0.138. The van der Waals surface area contributed by atoms with Gasteiger partial charge in [-0.25, -0.2) is 0 Å². The van der Waals surface area contributed by atoms with Gasteiger partial charge in [-0.2, -0.15) is 0 Å². The number of rotatable bonds is 4. The van der Waals surface area contributed by atoms with Crippen molar-refractivity contribution in [1.29, 1.82) is 0 Å². The Kier molecular flexibility index (Phi) is 4.96. The fourth-order valence-corrected chi connectivity index (χ4v) is 2.88. The van der Waals surface area contributed by atoms with Gasteiger partial charge in [0.05, 0.1) is 6.10 Å². The van der Waals surface area contributed by atoms with E-state index >= 15 is 0 Å². The van der Waals surface area contributed by atoms with Crippen LogP contribution in [0, 0.1) is 5.92 Å². The highest BCUT2D eigenvalue weighted by Crippen LogP contribution is 2.23. The Balaban J connectivity index is 1.74. The molecule has 0 spiro atoms. The number of hydrogen-bond acceptors (Lipinski definition) is 3. The molecule has 4 heteroatoms. The monoisotopic (exact) mass is 265 g/mol. The lowest BCUT2D eigenvalue weighted by Gasteiger charge is -2.27. The van der Waals surface area contributed by atoms with Crippen molar-refractivity contribution in [3.05, 3.63) is 28.5 Å². The molecule has 1 aliphatic carbocycles. The van der Waals surface area contributed by atoms with Gasteiger partial charge in [0.25, 0.3) is 0 Å². The Morgan fingerprint density at radius 2 is 2.33 bits per heavy atom. The van der Waals surface area contributed by atoms with Crippen molar-refractivity contribution in [2.45, 2.75) is 31.8 Å². The Labute approximate surface area is 112 Å². The minimum absolute atomic E-state index is 0.0822. The van der Waals surface area contributed by atoms with Gasteiger partial charge in [0.2, 0.25) is 5.91 Å². The molecule has 2 N–H and O–H groups in total. The van der Waals surface area contributed by atoms with Crippen molar-refractivity contribution in [2.75, 3.05) is 6.54 Å². The van der Waals surface area contributed by atoms with Crippen LogP contribution in [0.4, 0.5) is 0 Å². The molecular weight excluding hydrogens is 246 g/mol. The number of hydrogen-bond donors (Lipinski definition) is 2. The lowest BCUT2D eigenvalue weighted by atomic mass is 9.86. The van der Waals surface area contributed by atoms with Gasteiger partial charge in [0, 0.05) is 23.4 Å². The number of thiophene rings is 1. The predicted octanol–water partition coefficient (Wildman–Crippen LogP) is 2.43. The van der Waals surface area contributed by atoms with Crippen LogP contribution in [0.25, 0.3) is 6.08 Å². The van der Waals surface area contributed by atoms with Crippen LogP contribution in [0.15, 0.2) is 23.6 Å². The highest BCUT2D eigenvalue weighted by atomic mass is 32.1. The van der Waals surface area contributed by atoms with Crippen LogP contribution in [0.1, 0.15) is 30.6 Å². The van der Waals surface area contributed by atoms with E-state index in [2.05, 4.69) is 5.32 Å².